The number of rotatable bonds is 4. The monoisotopic (exact) mass is 498 g/mol. The van der Waals surface area contributed by atoms with E-state index in [0.717, 1.165) is 11.1 Å². The Morgan fingerprint density at radius 3 is 2.32 bits per heavy atom. The highest BCUT2D eigenvalue weighted by Gasteiger charge is 2.42. The average Bonchev–Trinajstić information content (AvgIpc) is 3.47. The van der Waals surface area contributed by atoms with Crippen LogP contribution in [0.4, 0.5) is 4.79 Å². The van der Waals surface area contributed by atoms with Crippen molar-refractivity contribution in [1.29, 1.82) is 0 Å². The highest BCUT2D eigenvalue weighted by molar-refractivity contribution is 9.11. The molecule has 2 heterocycles. The van der Waals surface area contributed by atoms with Gasteiger partial charge in [-0.3, -0.25) is 4.79 Å². The number of amides is 1. The van der Waals surface area contributed by atoms with Gasteiger partial charge in [0.05, 0.1) is 11.6 Å². The maximum atomic E-state index is 12.9. The zero-order chi connectivity index (χ0) is 21.5. The number of fused-ring (bicyclic) bond motifs is 3. The SMILES string of the molecule is O=C(O)C1CN(C(=O)OCC2c3ccccc3-c3ccccc32)CC1c1csc(Br)n1. The molecule has 31 heavy (non-hydrogen) atoms. The molecule has 0 spiro atoms. The summed E-state index contributed by atoms with van der Waals surface area (Å²) in [5.74, 6) is -2.00. The summed E-state index contributed by atoms with van der Waals surface area (Å²) in [6, 6.07) is 16.3. The first kappa shape index (κ1) is 20.2. The first-order chi connectivity index (χ1) is 15.0. The number of carboxylic acids is 1. The predicted octanol–water partition coefficient (Wildman–Crippen LogP) is 4.95. The summed E-state index contributed by atoms with van der Waals surface area (Å²) < 4.78 is 6.41. The summed E-state index contributed by atoms with van der Waals surface area (Å²) in [6.07, 6.45) is -0.482. The van der Waals surface area contributed by atoms with Gasteiger partial charge < -0.3 is 14.7 Å². The van der Waals surface area contributed by atoms with Crippen LogP contribution < -0.4 is 0 Å². The lowest BCUT2D eigenvalue weighted by Crippen LogP contribution is -2.31. The first-order valence-electron chi connectivity index (χ1n) is 9.96. The molecule has 1 N–H and O–H groups in total. The van der Waals surface area contributed by atoms with Crippen LogP contribution >= 0.6 is 27.3 Å². The third-order valence-corrected chi connectivity index (χ3v) is 7.49. The smallest absolute Gasteiger partial charge is 0.409 e. The number of aromatic nitrogens is 1. The van der Waals surface area contributed by atoms with E-state index in [9.17, 15) is 14.7 Å². The van der Waals surface area contributed by atoms with Crippen LogP contribution in [0.1, 0.15) is 28.7 Å². The lowest BCUT2D eigenvalue weighted by atomic mass is 9.94. The highest BCUT2D eigenvalue weighted by Crippen LogP contribution is 2.44. The van der Waals surface area contributed by atoms with E-state index in [1.807, 2.05) is 29.6 Å². The molecule has 1 fully saturated rings. The van der Waals surface area contributed by atoms with E-state index < -0.39 is 18.0 Å². The van der Waals surface area contributed by atoms with Gasteiger partial charge in [-0.25, -0.2) is 9.78 Å². The van der Waals surface area contributed by atoms with Gasteiger partial charge in [-0.2, -0.15) is 0 Å². The number of hydrogen-bond acceptors (Lipinski definition) is 5. The number of halogens is 1. The molecule has 1 aromatic heterocycles. The number of nitrogens with zero attached hydrogens (tertiary/aromatic N) is 2. The lowest BCUT2D eigenvalue weighted by Gasteiger charge is -2.19. The molecular formula is C23H19BrN2O4S. The molecule has 0 saturated carbocycles. The molecule has 2 unspecified atom stereocenters. The van der Waals surface area contributed by atoms with Gasteiger partial charge in [0, 0.05) is 30.3 Å². The van der Waals surface area contributed by atoms with Gasteiger partial charge >= 0.3 is 12.1 Å². The molecule has 0 bridgehead atoms. The minimum Gasteiger partial charge on any atom is -0.481 e. The minimum absolute atomic E-state index is 0.0282. The summed E-state index contributed by atoms with van der Waals surface area (Å²) in [6.45, 7) is 0.615. The number of carboxylic acid groups (broad SMARTS) is 1. The fraction of sp³-hybridized carbons (Fsp3) is 0.261. The third-order valence-electron chi connectivity index (χ3n) is 6.11. The predicted molar refractivity (Wildman–Crippen MR) is 120 cm³/mol. The molecule has 8 heteroatoms. The average molecular weight is 499 g/mol. The highest BCUT2D eigenvalue weighted by atomic mass is 79.9. The van der Waals surface area contributed by atoms with Gasteiger partial charge in [-0.1, -0.05) is 48.5 Å². The van der Waals surface area contributed by atoms with Crippen molar-refractivity contribution in [2.75, 3.05) is 19.7 Å². The molecule has 2 aliphatic rings. The van der Waals surface area contributed by atoms with Crippen LogP contribution in [0, 0.1) is 5.92 Å². The van der Waals surface area contributed by atoms with Crippen LogP contribution in [0.25, 0.3) is 11.1 Å². The Labute approximate surface area is 191 Å². The van der Waals surface area contributed by atoms with E-state index >= 15 is 0 Å². The largest absolute Gasteiger partial charge is 0.481 e. The topological polar surface area (TPSA) is 79.7 Å². The maximum Gasteiger partial charge on any atom is 0.409 e. The summed E-state index contributed by atoms with van der Waals surface area (Å²) in [7, 11) is 0. The second-order valence-electron chi connectivity index (χ2n) is 7.79. The van der Waals surface area contributed by atoms with E-state index in [1.54, 1.807) is 0 Å². The molecule has 1 saturated heterocycles. The van der Waals surface area contributed by atoms with Gasteiger partial charge in [0.15, 0.2) is 3.92 Å². The van der Waals surface area contributed by atoms with Crippen molar-refractivity contribution in [2.45, 2.75) is 11.8 Å². The maximum absolute atomic E-state index is 12.9. The van der Waals surface area contributed by atoms with Crippen LogP contribution in [0.5, 0.6) is 0 Å². The van der Waals surface area contributed by atoms with Crippen LogP contribution in [-0.2, 0) is 9.53 Å². The van der Waals surface area contributed by atoms with E-state index in [0.29, 0.717) is 9.61 Å². The van der Waals surface area contributed by atoms with E-state index in [-0.39, 0.29) is 31.5 Å². The number of aliphatic carboxylic acids is 1. The van der Waals surface area contributed by atoms with Gasteiger partial charge in [-0.15, -0.1) is 11.3 Å². The molecule has 5 rings (SSSR count). The molecule has 3 aromatic rings. The molecule has 1 amide bonds. The van der Waals surface area contributed by atoms with Crippen molar-refractivity contribution in [3.8, 4) is 11.1 Å². The Bertz CT molecular complexity index is 1120. The molecule has 2 aromatic carbocycles. The van der Waals surface area contributed by atoms with Crippen LogP contribution in [0.15, 0.2) is 57.8 Å². The van der Waals surface area contributed by atoms with Crippen LogP contribution in [0.2, 0.25) is 0 Å². The van der Waals surface area contributed by atoms with E-state index in [4.69, 9.17) is 4.74 Å². The molecular weight excluding hydrogens is 480 g/mol. The fourth-order valence-electron chi connectivity index (χ4n) is 4.62. The van der Waals surface area contributed by atoms with E-state index in [2.05, 4.69) is 45.2 Å². The normalized spacial score (nSPS) is 19.8. The van der Waals surface area contributed by atoms with Crippen molar-refractivity contribution >= 4 is 39.3 Å². The second-order valence-corrected chi connectivity index (χ2v) is 9.92. The summed E-state index contributed by atoms with van der Waals surface area (Å²) in [5.41, 5.74) is 5.32. The van der Waals surface area contributed by atoms with Gasteiger partial charge in [0.1, 0.15) is 6.61 Å². The molecule has 1 aliphatic carbocycles. The lowest BCUT2D eigenvalue weighted by molar-refractivity contribution is -0.141. The van der Waals surface area contributed by atoms with Crippen LogP contribution in [-0.4, -0.2) is 46.7 Å². The van der Waals surface area contributed by atoms with Gasteiger partial charge in [-0.05, 0) is 38.2 Å². The Hall–Kier alpha value is -2.71. The Morgan fingerprint density at radius 1 is 1.10 bits per heavy atom. The number of likely N-dealkylation sites (tertiary alicyclic amines) is 1. The number of thiazole rings is 1. The van der Waals surface area contributed by atoms with Crippen molar-refractivity contribution in [1.82, 2.24) is 9.88 Å². The Morgan fingerprint density at radius 2 is 1.74 bits per heavy atom. The third kappa shape index (κ3) is 3.64. The Balaban J connectivity index is 1.32. The number of ether oxygens (including phenoxy) is 1. The first-order valence-corrected chi connectivity index (χ1v) is 11.6. The molecule has 1 aliphatic heterocycles. The van der Waals surface area contributed by atoms with Crippen molar-refractivity contribution in [3.05, 3.63) is 74.6 Å². The van der Waals surface area contributed by atoms with Gasteiger partial charge in [0.25, 0.3) is 0 Å². The Kier molecular flexibility index (Phi) is 5.27. The van der Waals surface area contributed by atoms with Crippen molar-refractivity contribution in [2.24, 2.45) is 5.92 Å². The number of hydrogen-bond donors (Lipinski definition) is 1. The van der Waals surface area contributed by atoms with Crippen LogP contribution in [0.3, 0.4) is 0 Å². The molecule has 0 radical (unpaired) electrons. The summed E-state index contributed by atoms with van der Waals surface area (Å²) >= 11 is 4.73. The summed E-state index contributed by atoms with van der Waals surface area (Å²) in [5, 5.41) is 11.5. The zero-order valence-electron chi connectivity index (χ0n) is 16.4. The quantitative estimate of drug-likeness (QED) is 0.550. The summed E-state index contributed by atoms with van der Waals surface area (Å²) in [4.78, 5) is 30.5. The molecule has 6 nitrogen and oxygen atoms in total. The van der Waals surface area contributed by atoms with Gasteiger partial charge in [0.2, 0.25) is 0 Å². The molecule has 158 valence electrons. The standard InChI is InChI=1S/C23H19BrN2O4S/c24-22-25-20(12-31-22)17-9-26(10-18(17)21(27)28)23(29)30-11-19-15-7-3-1-5-13(15)14-6-2-4-8-16(14)19/h1-8,12,17-19H,9-11H2,(H,27,28). The zero-order valence-corrected chi connectivity index (χ0v) is 18.8. The number of carbonyl (C=O) groups excluding carboxylic acids is 1. The second kappa shape index (κ2) is 8.09. The number of carbonyl (C=O) groups is 2. The number of benzene rings is 2. The van der Waals surface area contributed by atoms with E-state index in [1.165, 1.54) is 27.4 Å². The van der Waals surface area contributed by atoms with Crippen molar-refractivity contribution < 1.29 is 19.4 Å². The van der Waals surface area contributed by atoms with Crippen molar-refractivity contribution in [3.63, 3.8) is 0 Å². The fourth-order valence-corrected chi connectivity index (χ4v) is 5.71. The minimum atomic E-state index is -0.928. The molecule has 2 atom stereocenters.